The van der Waals surface area contributed by atoms with Gasteiger partial charge >= 0.3 is 0 Å². The fraction of sp³-hybridized carbons (Fsp3) is 0.412. The second kappa shape index (κ2) is 4.35. The van der Waals surface area contributed by atoms with Crippen LogP contribution in [0.5, 0.6) is 0 Å². The van der Waals surface area contributed by atoms with Crippen molar-refractivity contribution in [1.82, 2.24) is 14.8 Å². The lowest BCUT2D eigenvalue weighted by molar-refractivity contribution is -0.166. The maximum absolute atomic E-state index is 13.1. The summed E-state index contributed by atoms with van der Waals surface area (Å²) in [4.78, 5) is 32.5. The van der Waals surface area contributed by atoms with Gasteiger partial charge < -0.3 is 14.8 Å². The quantitative estimate of drug-likeness (QED) is 0.873. The van der Waals surface area contributed by atoms with Crippen LogP contribution in [0.3, 0.4) is 0 Å². The molecule has 5 heteroatoms. The number of para-hydroxylation sites is 1. The first-order chi connectivity index (χ1) is 10.5. The third-order valence-corrected chi connectivity index (χ3v) is 5.33. The van der Waals surface area contributed by atoms with Gasteiger partial charge in [0.1, 0.15) is 11.6 Å². The summed E-state index contributed by atoms with van der Waals surface area (Å²) in [6, 6.07) is 7.62. The summed E-state index contributed by atoms with van der Waals surface area (Å²) in [5.41, 5.74) is 0.905. The molecule has 2 amide bonds. The number of H-pyrrole nitrogens is 1. The third kappa shape index (κ3) is 1.48. The highest BCUT2D eigenvalue weighted by molar-refractivity contribution is 6.03. The van der Waals surface area contributed by atoms with Crippen LogP contribution in [0.4, 0.5) is 0 Å². The van der Waals surface area contributed by atoms with Crippen molar-refractivity contribution in [1.29, 1.82) is 0 Å². The summed E-state index contributed by atoms with van der Waals surface area (Å²) in [6.07, 6.45) is 3.54. The molecule has 0 saturated carbocycles. The third-order valence-electron chi connectivity index (χ3n) is 5.33. The molecule has 2 unspecified atom stereocenters. The lowest BCUT2D eigenvalue weighted by Gasteiger charge is -2.47. The van der Waals surface area contributed by atoms with Gasteiger partial charge in [-0.05, 0) is 25.8 Å². The number of piperazine rings is 1. The van der Waals surface area contributed by atoms with Crippen LogP contribution in [0.2, 0.25) is 0 Å². The number of nitrogens with zero attached hydrogens (tertiary/aromatic N) is 2. The van der Waals surface area contributed by atoms with Crippen LogP contribution in [-0.4, -0.2) is 46.2 Å². The first-order valence-electron chi connectivity index (χ1n) is 7.70. The molecule has 2 atom stereocenters. The average molecular weight is 297 g/mol. The van der Waals surface area contributed by atoms with E-state index in [1.807, 2.05) is 37.4 Å². The fourth-order valence-electron chi connectivity index (χ4n) is 3.90. The number of carbonyl (C=O) groups is 2. The van der Waals surface area contributed by atoms with Crippen LogP contribution in [0.25, 0.3) is 10.9 Å². The fourth-order valence-corrected chi connectivity index (χ4v) is 3.90. The Morgan fingerprint density at radius 1 is 1.27 bits per heavy atom. The van der Waals surface area contributed by atoms with Gasteiger partial charge in [-0.15, -0.1) is 0 Å². The Bertz CT molecular complexity index is 781. The average Bonchev–Trinajstić information content (AvgIpc) is 3.17. The molecule has 5 nitrogen and oxygen atoms in total. The van der Waals surface area contributed by atoms with Gasteiger partial charge in [0.15, 0.2) is 0 Å². The smallest absolute Gasteiger partial charge is 0.253 e. The molecule has 2 aromatic rings. The minimum Gasteiger partial charge on any atom is -0.361 e. The summed E-state index contributed by atoms with van der Waals surface area (Å²) in [7, 11) is 1.75. The van der Waals surface area contributed by atoms with Crippen molar-refractivity contribution in [2.75, 3.05) is 13.6 Å². The van der Waals surface area contributed by atoms with E-state index < -0.39 is 5.54 Å². The Kier molecular flexibility index (Phi) is 2.64. The molecule has 4 rings (SSSR count). The van der Waals surface area contributed by atoms with Crippen LogP contribution in [-0.2, 0) is 15.1 Å². The largest absolute Gasteiger partial charge is 0.361 e. The maximum atomic E-state index is 13.1. The van der Waals surface area contributed by atoms with Crippen LogP contribution in [0.15, 0.2) is 30.5 Å². The van der Waals surface area contributed by atoms with E-state index in [1.165, 1.54) is 0 Å². The van der Waals surface area contributed by atoms with Gasteiger partial charge in [-0.1, -0.05) is 18.2 Å². The zero-order valence-corrected chi connectivity index (χ0v) is 12.8. The van der Waals surface area contributed by atoms with E-state index in [0.717, 1.165) is 29.3 Å². The Hall–Kier alpha value is -2.30. The number of hydrogen-bond donors (Lipinski definition) is 1. The molecular formula is C17H19N3O2. The lowest BCUT2D eigenvalue weighted by Crippen LogP contribution is -2.66. The number of amides is 2. The first-order valence-corrected chi connectivity index (χ1v) is 7.70. The topological polar surface area (TPSA) is 56.4 Å². The van der Waals surface area contributed by atoms with Crippen molar-refractivity contribution in [2.24, 2.45) is 0 Å². The highest BCUT2D eigenvalue weighted by Crippen LogP contribution is 2.40. The van der Waals surface area contributed by atoms with E-state index in [2.05, 4.69) is 4.98 Å². The SMILES string of the molecule is CN1C(=O)C2CCCN2C(=O)C1(C)c1c[nH]c2ccccc12. The lowest BCUT2D eigenvalue weighted by atomic mass is 9.85. The Balaban J connectivity index is 1.91. The first kappa shape index (κ1) is 13.4. The van der Waals surface area contributed by atoms with Crippen molar-refractivity contribution in [3.05, 3.63) is 36.0 Å². The van der Waals surface area contributed by atoms with Crippen LogP contribution in [0, 0.1) is 0 Å². The van der Waals surface area contributed by atoms with Gasteiger partial charge in [0.05, 0.1) is 0 Å². The number of nitrogens with one attached hydrogen (secondary N) is 1. The molecule has 0 radical (unpaired) electrons. The molecule has 1 aromatic heterocycles. The summed E-state index contributed by atoms with van der Waals surface area (Å²) in [5, 5.41) is 0.996. The van der Waals surface area contributed by atoms with E-state index in [0.29, 0.717) is 6.54 Å². The molecule has 22 heavy (non-hydrogen) atoms. The van der Waals surface area contributed by atoms with Crippen LogP contribution < -0.4 is 0 Å². The van der Waals surface area contributed by atoms with Crippen LogP contribution in [0.1, 0.15) is 25.3 Å². The number of carbonyl (C=O) groups excluding carboxylic acids is 2. The van der Waals surface area contributed by atoms with E-state index in [4.69, 9.17) is 0 Å². The van der Waals surface area contributed by atoms with Gasteiger partial charge in [-0.25, -0.2) is 0 Å². The zero-order chi connectivity index (χ0) is 15.5. The summed E-state index contributed by atoms with van der Waals surface area (Å²) >= 11 is 0. The zero-order valence-electron chi connectivity index (χ0n) is 12.8. The minimum atomic E-state index is -0.947. The monoisotopic (exact) mass is 297 g/mol. The molecule has 1 aromatic carbocycles. The van der Waals surface area contributed by atoms with E-state index in [9.17, 15) is 9.59 Å². The van der Waals surface area contributed by atoms with Crippen molar-refractivity contribution in [3.63, 3.8) is 0 Å². The standard InChI is InChI=1S/C17H19N3O2/c1-17(12-10-18-13-7-4-3-6-11(12)13)16(22)20-9-5-8-14(20)15(21)19(17)2/h3-4,6-7,10,14,18H,5,8-9H2,1-2H3. The maximum Gasteiger partial charge on any atom is 0.253 e. The van der Waals surface area contributed by atoms with Crippen molar-refractivity contribution < 1.29 is 9.59 Å². The summed E-state index contributed by atoms with van der Waals surface area (Å²) in [5.74, 6) is 0.0757. The molecule has 3 heterocycles. The normalized spacial score (nSPS) is 28.5. The molecular weight excluding hydrogens is 278 g/mol. The van der Waals surface area contributed by atoms with E-state index >= 15 is 0 Å². The van der Waals surface area contributed by atoms with Crippen molar-refractivity contribution in [2.45, 2.75) is 31.3 Å². The molecule has 2 fully saturated rings. The summed E-state index contributed by atoms with van der Waals surface area (Å²) in [6.45, 7) is 2.54. The van der Waals surface area contributed by atoms with E-state index in [-0.39, 0.29) is 17.9 Å². The number of benzene rings is 1. The van der Waals surface area contributed by atoms with Gasteiger partial charge in [0, 0.05) is 36.3 Å². The minimum absolute atomic E-state index is 0.0295. The van der Waals surface area contributed by atoms with Gasteiger partial charge in [-0.2, -0.15) is 0 Å². The Morgan fingerprint density at radius 3 is 2.86 bits per heavy atom. The second-order valence-corrected chi connectivity index (χ2v) is 6.37. The molecule has 1 N–H and O–H groups in total. The number of aromatic nitrogens is 1. The second-order valence-electron chi connectivity index (χ2n) is 6.37. The number of aromatic amines is 1. The molecule has 0 spiro atoms. The molecule has 2 saturated heterocycles. The molecule has 0 aliphatic carbocycles. The van der Waals surface area contributed by atoms with Gasteiger partial charge in [0.2, 0.25) is 5.91 Å². The van der Waals surface area contributed by atoms with Crippen LogP contribution >= 0.6 is 0 Å². The highest BCUT2D eigenvalue weighted by Gasteiger charge is 2.54. The number of likely N-dealkylation sites (N-methyl/N-ethyl adjacent to an activating group) is 1. The number of hydrogen-bond acceptors (Lipinski definition) is 2. The van der Waals surface area contributed by atoms with Gasteiger partial charge in [0.25, 0.3) is 5.91 Å². The van der Waals surface area contributed by atoms with Crippen molar-refractivity contribution in [3.8, 4) is 0 Å². The molecule has 2 aliphatic heterocycles. The number of rotatable bonds is 1. The summed E-state index contributed by atoms with van der Waals surface area (Å²) < 4.78 is 0. The molecule has 0 bridgehead atoms. The predicted octanol–water partition coefficient (Wildman–Crippen LogP) is 1.85. The Morgan fingerprint density at radius 2 is 2.05 bits per heavy atom. The Labute approximate surface area is 128 Å². The van der Waals surface area contributed by atoms with E-state index in [1.54, 1.807) is 16.8 Å². The highest BCUT2D eigenvalue weighted by atomic mass is 16.2. The predicted molar refractivity (Wildman–Crippen MR) is 83.2 cm³/mol. The number of fused-ring (bicyclic) bond motifs is 2. The van der Waals surface area contributed by atoms with Crippen molar-refractivity contribution >= 4 is 22.7 Å². The van der Waals surface area contributed by atoms with Gasteiger partial charge in [-0.3, -0.25) is 9.59 Å². The molecule has 2 aliphatic rings. The molecule has 114 valence electrons.